The molecule has 0 fully saturated rings. The van der Waals surface area contributed by atoms with E-state index in [4.69, 9.17) is 15.6 Å². The summed E-state index contributed by atoms with van der Waals surface area (Å²) in [6.07, 6.45) is 6.66. The minimum atomic E-state index is -2.05. The summed E-state index contributed by atoms with van der Waals surface area (Å²) < 4.78 is 11.4. The zero-order valence-electron chi connectivity index (χ0n) is 15.0. The molecule has 0 aliphatic carbocycles. The molecule has 0 saturated carbocycles. The minimum absolute atomic E-state index is 0.0495. The lowest BCUT2D eigenvalue weighted by atomic mass is 9.83. The maximum Gasteiger partial charge on any atom is 0.314 e. The average molecular weight is 311 g/mol. The van der Waals surface area contributed by atoms with Gasteiger partial charge >= 0.3 is 5.97 Å². The van der Waals surface area contributed by atoms with Gasteiger partial charge in [-0.25, -0.2) is 0 Å². The van der Waals surface area contributed by atoms with E-state index in [9.17, 15) is 4.79 Å². The van der Waals surface area contributed by atoms with Crippen molar-refractivity contribution >= 4 is 14.3 Å². The van der Waals surface area contributed by atoms with Crippen molar-refractivity contribution in [3.63, 3.8) is 0 Å². The SMILES string of the molecule is C#C/C=C(\C)[C@@H](O[Si](C)(C)C(C)(C)C)C(C)(C)C(=O)OC. The van der Waals surface area contributed by atoms with Gasteiger partial charge in [-0.05, 0) is 50.6 Å². The highest BCUT2D eigenvalue weighted by molar-refractivity contribution is 6.74. The van der Waals surface area contributed by atoms with E-state index in [0.29, 0.717) is 0 Å². The van der Waals surface area contributed by atoms with Gasteiger partial charge in [0.05, 0.1) is 18.6 Å². The minimum Gasteiger partial charge on any atom is -0.469 e. The Morgan fingerprint density at radius 1 is 1.24 bits per heavy atom. The molecule has 0 aliphatic rings. The number of carbonyl (C=O) groups is 1. The number of esters is 1. The van der Waals surface area contributed by atoms with Crippen LogP contribution in [0.1, 0.15) is 41.5 Å². The third-order valence-electron chi connectivity index (χ3n) is 4.31. The fourth-order valence-electron chi connectivity index (χ4n) is 1.86. The van der Waals surface area contributed by atoms with Crippen molar-refractivity contribution in [1.29, 1.82) is 0 Å². The number of rotatable bonds is 5. The smallest absolute Gasteiger partial charge is 0.314 e. The van der Waals surface area contributed by atoms with Crippen molar-refractivity contribution in [2.75, 3.05) is 7.11 Å². The second-order valence-electron chi connectivity index (χ2n) is 7.53. The van der Waals surface area contributed by atoms with Gasteiger partial charge < -0.3 is 9.16 Å². The highest BCUT2D eigenvalue weighted by atomic mass is 28.4. The number of hydrogen-bond acceptors (Lipinski definition) is 3. The van der Waals surface area contributed by atoms with Crippen molar-refractivity contribution in [2.24, 2.45) is 5.41 Å². The monoisotopic (exact) mass is 310 g/mol. The lowest BCUT2D eigenvalue weighted by molar-refractivity contribution is -0.155. The first-order valence-electron chi connectivity index (χ1n) is 7.20. The van der Waals surface area contributed by atoms with Crippen LogP contribution in [-0.2, 0) is 14.0 Å². The van der Waals surface area contributed by atoms with Gasteiger partial charge in [0.2, 0.25) is 0 Å². The molecule has 120 valence electrons. The van der Waals surface area contributed by atoms with Crippen LogP contribution in [0.2, 0.25) is 18.1 Å². The van der Waals surface area contributed by atoms with Gasteiger partial charge in [-0.3, -0.25) is 4.79 Å². The number of hydrogen-bond donors (Lipinski definition) is 0. The topological polar surface area (TPSA) is 35.5 Å². The number of carbonyl (C=O) groups excluding carboxylic acids is 1. The summed E-state index contributed by atoms with van der Waals surface area (Å²) in [4.78, 5) is 12.2. The van der Waals surface area contributed by atoms with E-state index < -0.39 is 13.7 Å². The fraction of sp³-hybridized carbons (Fsp3) is 0.706. The second kappa shape index (κ2) is 6.80. The molecule has 0 spiro atoms. The van der Waals surface area contributed by atoms with Gasteiger partial charge in [0.1, 0.15) is 0 Å². The molecule has 0 unspecified atom stereocenters. The number of ether oxygens (including phenoxy) is 1. The maximum atomic E-state index is 12.2. The van der Waals surface area contributed by atoms with Gasteiger partial charge in [-0.1, -0.05) is 26.7 Å². The molecule has 0 bridgehead atoms. The van der Waals surface area contributed by atoms with E-state index in [1.807, 2.05) is 20.8 Å². The van der Waals surface area contributed by atoms with Gasteiger partial charge in [0.15, 0.2) is 8.32 Å². The molecular formula is C17H30O3Si. The summed E-state index contributed by atoms with van der Waals surface area (Å²) in [5.41, 5.74) is 0.0829. The average Bonchev–Trinajstić information content (AvgIpc) is 2.33. The van der Waals surface area contributed by atoms with E-state index in [2.05, 4.69) is 39.8 Å². The lowest BCUT2D eigenvalue weighted by Gasteiger charge is -2.43. The molecule has 0 aromatic carbocycles. The van der Waals surface area contributed by atoms with E-state index in [1.165, 1.54) is 7.11 Å². The summed E-state index contributed by atoms with van der Waals surface area (Å²) in [6, 6.07) is 0. The zero-order chi connectivity index (χ0) is 17.1. The van der Waals surface area contributed by atoms with Crippen LogP contribution < -0.4 is 0 Å². The molecule has 0 aromatic rings. The molecule has 0 rings (SSSR count). The summed E-state index contributed by atoms with van der Waals surface area (Å²) in [5, 5.41) is 0.0495. The summed E-state index contributed by atoms with van der Waals surface area (Å²) in [7, 11) is -0.649. The lowest BCUT2D eigenvalue weighted by Crippen LogP contribution is -2.50. The Morgan fingerprint density at radius 2 is 1.71 bits per heavy atom. The second-order valence-corrected chi connectivity index (χ2v) is 12.3. The Kier molecular flexibility index (Phi) is 6.46. The molecule has 4 heteroatoms. The van der Waals surface area contributed by atoms with Gasteiger partial charge in [-0.2, -0.15) is 0 Å². The molecule has 0 aliphatic heterocycles. The first-order valence-corrected chi connectivity index (χ1v) is 10.1. The predicted molar refractivity (Wildman–Crippen MR) is 90.5 cm³/mol. The van der Waals surface area contributed by atoms with E-state index in [-0.39, 0.29) is 17.1 Å². The molecule has 21 heavy (non-hydrogen) atoms. The first-order chi connectivity index (χ1) is 9.31. The van der Waals surface area contributed by atoms with Crippen LogP contribution in [0.15, 0.2) is 11.6 Å². The standard InChI is InChI=1S/C17H30O3Si/c1-11-12-13(2)14(17(6,7)15(18)19-8)20-21(9,10)16(3,4)5/h1,12,14H,2-10H3/b13-12+/t14-/m1/s1. The highest BCUT2D eigenvalue weighted by Crippen LogP contribution is 2.41. The Morgan fingerprint density at radius 3 is 2.05 bits per heavy atom. The maximum absolute atomic E-state index is 12.2. The third-order valence-corrected chi connectivity index (χ3v) is 8.75. The Hall–Kier alpha value is -1.05. The fourth-order valence-corrected chi connectivity index (χ4v) is 3.28. The van der Waals surface area contributed by atoms with Gasteiger partial charge in [0.25, 0.3) is 0 Å². The molecule has 0 heterocycles. The third kappa shape index (κ3) is 4.72. The Labute approximate surface area is 131 Å². The van der Waals surface area contributed by atoms with E-state index in [1.54, 1.807) is 6.08 Å². The zero-order valence-corrected chi connectivity index (χ0v) is 16.0. The Balaban J connectivity index is 5.74. The summed E-state index contributed by atoms with van der Waals surface area (Å²) in [5.74, 6) is 2.23. The molecule has 0 saturated heterocycles. The molecule has 0 amide bonds. The van der Waals surface area contributed by atoms with Crippen LogP contribution in [0.5, 0.6) is 0 Å². The van der Waals surface area contributed by atoms with Crippen molar-refractivity contribution < 1.29 is 14.0 Å². The van der Waals surface area contributed by atoms with E-state index >= 15 is 0 Å². The van der Waals surface area contributed by atoms with Gasteiger partial charge in [-0.15, -0.1) is 6.42 Å². The van der Waals surface area contributed by atoms with Crippen LogP contribution >= 0.6 is 0 Å². The van der Waals surface area contributed by atoms with Crippen molar-refractivity contribution in [2.45, 2.75) is 65.8 Å². The largest absolute Gasteiger partial charge is 0.469 e. The molecular weight excluding hydrogens is 280 g/mol. The quantitative estimate of drug-likeness (QED) is 0.434. The van der Waals surface area contributed by atoms with Crippen molar-refractivity contribution in [3.8, 4) is 12.3 Å². The number of methoxy groups -OCH3 is 1. The molecule has 0 N–H and O–H groups in total. The molecule has 0 radical (unpaired) electrons. The molecule has 1 atom stereocenters. The summed E-state index contributed by atoms with van der Waals surface area (Å²) in [6.45, 7) is 16.4. The van der Waals surface area contributed by atoms with Crippen LogP contribution in [0, 0.1) is 17.8 Å². The van der Waals surface area contributed by atoms with Crippen LogP contribution in [0.25, 0.3) is 0 Å². The summed E-state index contributed by atoms with van der Waals surface area (Å²) >= 11 is 0. The van der Waals surface area contributed by atoms with Crippen LogP contribution in [0.4, 0.5) is 0 Å². The van der Waals surface area contributed by atoms with Crippen LogP contribution in [-0.4, -0.2) is 27.5 Å². The van der Waals surface area contributed by atoms with Gasteiger partial charge in [0, 0.05) is 0 Å². The number of terminal acetylenes is 1. The predicted octanol–water partition coefficient (Wildman–Crippen LogP) is 4.16. The first kappa shape index (κ1) is 19.9. The highest BCUT2D eigenvalue weighted by Gasteiger charge is 2.46. The van der Waals surface area contributed by atoms with Crippen LogP contribution in [0.3, 0.4) is 0 Å². The van der Waals surface area contributed by atoms with E-state index in [0.717, 1.165) is 5.57 Å². The van der Waals surface area contributed by atoms with Crippen molar-refractivity contribution in [1.82, 2.24) is 0 Å². The number of allylic oxidation sites excluding steroid dienone is 1. The normalized spacial score (nSPS) is 15.3. The molecule has 3 nitrogen and oxygen atoms in total. The molecule has 0 aromatic heterocycles. The van der Waals surface area contributed by atoms with Crippen molar-refractivity contribution in [3.05, 3.63) is 11.6 Å². The Bertz CT molecular complexity index is 448.